The van der Waals surface area contributed by atoms with Crippen LogP contribution in [0, 0.1) is 17.2 Å². The summed E-state index contributed by atoms with van der Waals surface area (Å²) in [7, 11) is 0. The zero-order chi connectivity index (χ0) is 12.8. The number of nitrogens with one attached hydrogen (secondary N) is 1. The first kappa shape index (κ1) is 13.7. The highest BCUT2D eigenvalue weighted by atomic mass is 79.9. The van der Waals surface area contributed by atoms with Crippen LogP contribution in [-0.2, 0) is 0 Å². The van der Waals surface area contributed by atoms with Gasteiger partial charge in [0.1, 0.15) is 11.8 Å². The SMILES string of the molecule is CC(CBr)C(C)NC(=O)c1ccc(C#N)cn1. The molecule has 0 radical (unpaired) electrons. The summed E-state index contributed by atoms with van der Waals surface area (Å²) >= 11 is 3.38. The molecule has 0 aliphatic carbocycles. The molecule has 1 aromatic heterocycles. The van der Waals surface area contributed by atoms with Crippen molar-refractivity contribution < 1.29 is 4.79 Å². The van der Waals surface area contributed by atoms with Gasteiger partial charge in [0.25, 0.3) is 5.91 Å². The number of amides is 1. The number of rotatable bonds is 4. The number of halogens is 1. The quantitative estimate of drug-likeness (QED) is 0.865. The number of hydrogen-bond donors (Lipinski definition) is 1. The Labute approximate surface area is 109 Å². The molecule has 0 aliphatic rings. The molecule has 0 bridgehead atoms. The fraction of sp³-hybridized carbons (Fsp3) is 0.417. The van der Waals surface area contributed by atoms with E-state index in [1.807, 2.05) is 19.9 Å². The predicted octanol–water partition coefficient (Wildman–Crippen LogP) is 2.10. The maximum atomic E-state index is 11.8. The Bertz CT molecular complexity index is 424. The summed E-state index contributed by atoms with van der Waals surface area (Å²) < 4.78 is 0. The third-order valence-corrected chi connectivity index (χ3v) is 3.60. The fourth-order valence-corrected chi connectivity index (χ4v) is 1.71. The minimum atomic E-state index is -0.213. The number of nitriles is 1. The monoisotopic (exact) mass is 295 g/mol. The summed E-state index contributed by atoms with van der Waals surface area (Å²) in [6.07, 6.45) is 1.40. The van der Waals surface area contributed by atoms with Gasteiger partial charge in [-0.3, -0.25) is 4.79 Å². The summed E-state index contributed by atoms with van der Waals surface area (Å²) in [5, 5.41) is 12.3. The molecule has 1 aromatic rings. The molecular weight excluding hydrogens is 282 g/mol. The summed E-state index contributed by atoms with van der Waals surface area (Å²) in [6.45, 7) is 4.00. The van der Waals surface area contributed by atoms with Crippen LogP contribution in [0.5, 0.6) is 0 Å². The average molecular weight is 296 g/mol. The van der Waals surface area contributed by atoms with Crippen LogP contribution in [0.25, 0.3) is 0 Å². The summed E-state index contributed by atoms with van der Waals surface area (Å²) in [6, 6.07) is 5.17. The van der Waals surface area contributed by atoms with Crippen LogP contribution in [0.4, 0.5) is 0 Å². The van der Waals surface area contributed by atoms with Crippen LogP contribution in [0.3, 0.4) is 0 Å². The molecule has 0 aliphatic heterocycles. The Morgan fingerprint density at radius 3 is 2.76 bits per heavy atom. The first-order chi connectivity index (χ1) is 8.08. The molecule has 1 rings (SSSR count). The molecule has 0 saturated carbocycles. The van der Waals surface area contributed by atoms with Crippen molar-refractivity contribution in [1.29, 1.82) is 5.26 Å². The molecule has 0 fully saturated rings. The molecule has 17 heavy (non-hydrogen) atoms. The number of carbonyl (C=O) groups excluding carboxylic acids is 1. The molecule has 5 heteroatoms. The van der Waals surface area contributed by atoms with Crippen molar-refractivity contribution in [3.63, 3.8) is 0 Å². The van der Waals surface area contributed by atoms with E-state index < -0.39 is 0 Å². The van der Waals surface area contributed by atoms with E-state index in [9.17, 15) is 4.79 Å². The summed E-state index contributed by atoms with van der Waals surface area (Å²) in [4.78, 5) is 15.7. The highest BCUT2D eigenvalue weighted by Crippen LogP contribution is 2.07. The van der Waals surface area contributed by atoms with Crippen molar-refractivity contribution in [3.05, 3.63) is 29.6 Å². The van der Waals surface area contributed by atoms with Gasteiger partial charge in [0.15, 0.2) is 0 Å². The maximum absolute atomic E-state index is 11.8. The summed E-state index contributed by atoms with van der Waals surface area (Å²) in [5.41, 5.74) is 0.779. The van der Waals surface area contributed by atoms with Gasteiger partial charge in [-0.1, -0.05) is 22.9 Å². The minimum Gasteiger partial charge on any atom is -0.348 e. The van der Waals surface area contributed by atoms with Crippen LogP contribution in [-0.4, -0.2) is 22.3 Å². The lowest BCUT2D eigenvalue weighted by molar-refractivity contribution is 0.0926. The van der Waals surface area contributed by atoms with Crippen molar-refractivity contribution in [2.75, 3.05) is 5.33 Å². The van der Waals surface area contributed by atoms with Gasteiger partial charge in [0.2, 0.25) is 0 Å². The number of aromatic nitrogens is 1. The van der Waals surface area contributed by atoms with E-state index in [4.69, 9.17) is 5.26 Å². The third-order valence-electron chi connectivity index (χ3n) is 2.58. The minimum absolute atomic E-state index is 0.0688. The number of nitrogens with zero attached hydrogens (tertiary/aromatic N) is 2. The van der Waals surface area contributed by atoms with Crippen molar-refractivity contribution in [1.82, 2.24) is 10.3 Å². The van der Waals surface area contributed by atoms with Gasteiger partial charge in [-0.25, -0.2) is 4.98 Å². The Balaban J connectivity index is 2.67. The Hall–Kier alpha value is -1.41. The van der Waals surface area contributed by atoms with Crippen LogP contribution < -0.4 is 5.32 Å². The Kier molecular flexibility index (Phi) is 5.11. The molecular formula is C12H14BrN3O. The van der Waals surface area contributed by atoms with E-state index in [0.29, 0.717) is 17.2 Å². The third kappa shape index (κ3) is 3.82. The van der Waals surface area contributed by atoms with Crippen molar-refractivity contribution >= 4 is 21.8 Å². The van der Waals surface area contributed by atoms with Crippen molar-refractivity contribution in [2.24, 2.45) is 5.92 Å². The van der Waals surface area contributed by atoms with Gasteiger partial charge in [0.05, 0.1) is 5.56 Å². The van der Waals surface area contributed by atoms with Gasteiger partial charge in [0, 0.05) is 17.6 Å². The van der Waals surface area contributed by atoms with Gasteiger partial charge in [-0.05, 0) is 25.0 Å². The highest BCUT2D eigenvalue weighted by Gasteiger charge is 2.15. The lowest BCUT2D eigenvalue weighted by Gasteiger charge is -2.18. The summed E-state index contributed by atoms with van der Waals surface area (Å²) in [5.74, 6) is 0.132. The number of carbonyl (C=O) groups is 1. The number of hydrogen-bond acceptors (Lipinski definition) is 3. The second-order valence-electron chi connectivity index (χ2n) is 3.94. The zero-order valence-electron chi connectivity index (χ0n) is 9.77. The fourth-order valence-electron chi connectivity index (χ4n) is 1.15. The number of pyridine rings is 1. The molecule has 1 amide bonds. The maximum Gasteiger partial charge on any atom is 0.270 e. The van der Waals surface area contributed by atoms with Crippen molar-refractivity contribution in [3.8, 4) is 6.07 Å². The molecule has 2 atom stereocenters. The van der Waals surface area contributed by atoms with Crippen LogP contribution in [0.2, 0.25) is 0 Å². The number of alkyl halides is 1. The second-order valence-corrected chi connectivity index (χ2v) is 4.59. The molecule has 0 aromatic carbocycles. The van der Waals surface area contributed by atoms with E-state index >= 15 is 0 Å². The van der Waals surface area contributed by atoms with Crippen LogP contribution in [0.15, 0.2) is 18.3 Å². The molecule has 0 saturated heterocycles. The average Bonchev–Trinajstić information content (AvgIpc) is 2.37. The van der Waals surface area contributed by atoms with E-state index in [1.54, 1.807) is 12.1 Å². The Morgan fingerprint density at radius 1 is 1.59 bits per heavy atom. The molecule has 90 valence electrons. The lowest BCUT2D eigenvalue weighted by Crippen LogP contribution is -2.38. The molecule has 1 heterocycles. The zero-order valence-corrected chi connectivity index (χ0v) is 11.4. The smallest absolute Gasteiger partial charge is 0.270 e. The Morgan fingerprint density at radius 2 is 2.29 bits per heavy atom. The highest BCUT2D eigenvalue weighted by molar-refractivity contribution is 9.09. The second kappa shape index (κ2) is 6.36. The topological polar surface area (TPSA) is 65.8 Å². The van der Waals surface area contributed by atoms with Gasteiger partial charge >= 0.3 is 0 Å². The normalized spacial score (nSPS) is 13.5. The van der Waals surface area contributed by atoms with E-state index in [-0.39, 0.29) is 11.9 Å². The van der Waals surface area contributed by atoms with Crippen LogP contribution in [0.1, 0.15) is 29.9 Å². The molecule has 0 spiro atoms. The first-order valence-corrected chi connectivity index (χ1v) is 6.43. The van der Waals surface area contributed by atoms with Gasteiger partial charge < -0.3 is 5.32 Å². The molecule has 1 N–H and O–H groups in total. The van der Waals surface area contributed by atoms with E-state index in [0.717, 1.165) is 5.33 Å². The van der Waals surface area contributed by atoms with Gasteiger partial charge in [-0.2, -0.15) is 5.26 Å². The van der Waals surface area contributed by atoms with E-state index in [1.165, 1.54) is 6.20 Å². The molecule has 4 nitrogen and oxygen atoms in total. The van der Waals surface area contributed by atoms with Crippen molar-refractivity contribution in [2.45, 2.75) is 19.9 Å². The largest absolute Gasteiger partial charge is 0.348 e. The van der Waals surface area contributed by atoms with Crippen LogP contribution >= 0.6 is 15.9 Å². The lowest BCUT2D eigenvalue weighted by atomic mass is 10.1. The predicted molar refractivity (Wildman–Crippen MR) is 68.8 cm³/mol. The standard InChI is InChI=1S/C12H14BrN3O/c1-8(5-13)9(2)16-12(17)11-4-3-10(6-14)7-15-11/h3-4,7-9H,5H2,1-2H3,(H,16,17). The first-order valence-electron chi connectivity index (χ1n) is 5.31. The van der Waals surface area contributed by atoms with Gasteiger partial charge in [-0.15, -0.1) is 0 Å². The van der Waals surface area contributed by atoms with E-state index in [2.05, 4.69) is 26.2 Å². The molecule has 2 unspecified atom stereocenters.